The highest BCUT2D eigenvalue weighted by molar-refractivity contribution is 9.09. The van der Waals surface area contributed by atoms with E-state index in [1.165, 1.54) is 18.5 Å². The van der Waals surface area contributed by atoms with E-state index in [-0.39, 0.29) is 10.9 Å². The number of nitrogens with zero attached hydrogens (tertiary/aromatic N) is 2. The molecule has 0 spiro atoms. The summed E-state index contributed by atoms with van der Waals surface area (Å²) in [5.74, 6) is -0.572. The van der Waals surface area contributed by atoms with Crippen molar-refractivity contribution in [1.29, 1.82) is 5.41 Å². The summed E-state index contributed by atoms with van der Waals surface area (Å²) >= 11 is 3.50. The molecule has 1 aromatic rings. The maximum atomic E-state index is 13.5. The van der Waals surface area contributed by atoms with Crippen molar-refractivity contribution in [3.63, 3.8) is 0 Å². The Kier molecular flexibility index (Phi) is 8.49. The molecule has 1 aromatic heterocycles. The van der Waals surface area contributed by atoms with Crippen LogP contribution in [-0.2, 0) is 0 Å². The van der Waals surface area contributed by atoms with E-state index in [1.807, 2.05) is 6.92 Å². The van der Waals surface area contributed by atoms with Crippen molar-refractivity contribution in [2.24, 2.45) is 16.6 Å². The minimum Gasteiger partial charge on any atom is -0.405 e. The monoisotopic (exact) mass is 395 g/mol. The molecule has 1 rings (SSSR count). The first-order valence-corrected chi connectivity index (χ1v) is 8.48. The quantitative estimate of drug-likeness (QED) is 0.341. The van der Waals surface area contributed by atoms with Crippen LogP contribution in [0.2, 0.25) is 0 Å². The average Bonchev–Trinajstić information content (AvgIpc) is 2.54. The van der Waals surface area contributed by atoms with Gasteiger partial charge in [0, 0.05) is 24.2 Å². The van der Waals surface area contributed by atoms with Crippen molar-refractivity contribution >= 4 is 33.4 Å². The first kappa shape index (κ1) is 20.2. The third-order valence-corrected chi connectivity index (χ3v) is 4.28. The summed E-state index contributed by atoms with van der Waals surface area (Å²) in [6.45, 7) is 8.77. The van der Waals surface area contributed by atoms with Crippen LogP contribution in [0.3, 0.4) is 0 Å². The molecule has 4 N–H and O–H groups in total. The molecule has 0 aromatic carbocycles. The van der Waals surface area contributed by atoms with E-state index in [4.69, 9.17) is 11.1 Å². The number of halogens is 2. The predicted molar refractivity (Wildman–Crippen MR) is 102 cm³/mol. The van der Waals surface area contributed by atoms with Gasteiger partial charge in [0.05, 0.1) is 22.6 Å². The predicted octanol–water partition coefficient (Wildman–Crippen LogP) is 3.11. The Morgan fingerprint density at radius 3 is 2.88 bits per heavy atom. The van der Waals surface area contributed by atoms with Crippen molar-refractivity contribution in [1.82, 2.24) is 10.3 Å². The number of nitrogens with one attached hydrogen (secondary N) is 2. The molecule has 0 radical (unpaired) electrons. The molecule has 5 nitrogen and oxygen atoms in total. The van der Waals surface area contributed by atoms with Crippen LogP contribution in [0.4, 0.5) is 4.39 Å². The van der Waals surface area contributed by atoms with Gasteiger partial charge in [-0.05, 0) is 37.4 Å². The Morgan fingerprint density at radius 2 is 2.33 bits per heavy atom. The highest BCUT2D eigenvalue weighted by Crippen LogP contribution is 2.19. The number of alkyl halides is 1. The van der Waals surface area contributed by atoms with Crippen LogP contribution in [0, 0.1) is 17.1 Å². The Balaban J connectivity index is 3.19. The fourth-order valence-corrected chi connectivity index (χ4v) is 2.69. The zero-order chi connectivity index (χ0) is 18.1. The number of aliphatic imine (C=N–C) groups is 1. The zero-order valence-corrected chi connectivity index (χ0v) is 15.5. The number of aromatic nitrogens is 1. The molecule has 0 fully saturated rings. The van der Waals surface area contributed by atoms with Crippen molar-refractivity contribution < 1.29 is 4.39 Å². The van der Waals surface area contributed by atoms with Crippen molar-refractivity contribution in [2.75, 3.05) is 13.1 Å². The number of rotatable bonds is 9. The molecule has 7 heteroatoms. The molecule has 0 amide bonds. The van der Waals surface area contributed by atoms with Crippen molar-refractivity contribution in [3.05, 3.63) is 48.2 Å². The smallest absolute Gasteiger partial charge is 0.142 e. The second kappa shape index (κ2) is 10.1. The van der Waals surface area contributed by atoms with Gasteiger partial charge in [-0.15, -0.1) is 0 Å². The zero-order valence-electron chi connectivity index (χ0n) is 13.9. The van der Waals surface area contributed by atoms with E-state index in [0.29, 0.717) is 29.1 Å². The average molecular weight is 396 g/mol. The van der Waals surface area contributed by atoms with Crippen LogP contribution in [-0.4, -0.2) is 35.0 Å². The number of hydrogen-bond acceptors (Lipinski definition) is 5. The lowest BCUT2D eigenvalue weighted by Gasteiger charge is -2.17. The Bertz CT molecular complexity index is 642. The third kappa shape index (κ3) is 5.65. The summed E-state index contributed by atoms with van der Waals surface area (Å²) in [6.07, 6.45) is 5.46. The molecule has 0 aliphatic carbocycles. The van der Waals surface area contributed by atoms with Crippen LogP contribution in [0.15, 0.2) is 36.1 Å². The first-order valence-electron chi connectivity index (χ1n) is 7.57. The number of pyridine rings is 1. The lowest BCUT2D eigenvalue weighted by Crippen LogP contribution is -2.33. The van der Waals surface area contributed by atoms with Crippen molar-refractivity contribution in [3.8, 4) is 0 Å². The van der Waals surface area contributed by atoms with Crippen LogP contribution in [0.5, 0.6) is 0 Å². The van der Waals surface area contributed by atoms with E-state index in [1.54, 1.807) is 13.0 Å². The van der Waals surface area contributed by atoms with Gasteiger partial charge in [0.25, 0.3) is 0 Å². The maximum Gasteiger partial charge on any atom is 0.142 e. The van der Waals surface area contributed by atoms with Crippen LogP contribution in [0.25, 0.3) is 5.57 Å². The molecule has 2 atom stereocenters. The SMILES string of the molecule is C=C(C)c1cc(F)cnc1C(C=CN)=NCC(C=N)C(Br)NCC. The van der Waals surface area contributed by atoms with Gasteiger partial charge in [0.2, 0.25) is 0 Å². The van der Waals surface area contributed by atoms with Gasteiger partial charge in [-0.2, -0.15) is 0 Å². The van der Waals surface area contributed by atoms with E-state index in [2.05, 4.69) is 37.8 Å². The molecule has 130 valence electrons. The summed E-state index contributed by atoms with van der Waals surface area (Å²) in [4.78, 5) is 8.62. The van der Waals surface area contributed by atoms with Gasteiger partial charge >= 0.3 is 0 Å². The first-order chi connectivity index (χ1) is 11.4. The number of hydrogen-bond donors (Lipinski definition) is 3. The Morgan fingerprint density at radius 1 is 1.62 bits per heavy atom. The van der Waals surface area contributed by atoms with Gasteiger partial charge < -0.3 is 16.5 Å². The summed E-state index contributed by atoms with van der Waals surface area (Å²) in [5.41, 5.74) is 7.83. The molecular weight excluding hydrogens is 373 g/mol. The highest BCUT2D eigenvalue weighted by atomic mass is 79.9. The fraction of sp³-hybridized carbons (Fsp3) is 0.353. The fourth-order valence-electron chi connectivity index (χ4n) is 2.05. The maximum absolute atomic E-state index is 13.5. The molecule has 0 saturated carbocycles. The largest absolute Gasteiger partial charge is 0.405 e. The lowest BCUT2D eigenvalue weighted by molar-refractivity contribution is 0.579. The normalized spacial score (nSPS) is 14.6. The van der Waals surface area contributed by atoms with Crippen molar-refractivity contribution in [2.45, 2.75) is 18.8 Å². The van der Waals surface area contributed by atoms with Gasteiger partial charge in [-0.25, -0.2) is 4.39 Å². The Hall–Kier alpha value is -1.86. The minimum atomic E-state index is -0.433. The molecule has 2 unspecified atom stereocenters. The van der Waals surface area contributed by atoms with Crippen LogP contribution < -0.4 is 11.1 Å². The standard InChI is InChI=1S/C17H23BrFN5/c1-4-22-17(18)12(8-21)9-23-15(5-6-20)16-14(11(2)3)7-13(19)10-24-16/h5-8,10,12,17,21-22H,2,4,9,20H2,1,3H3. The summed E-state index contributed by atoms with van der Waals surface area (Å²) < 4.78 is 13.5. The van der Waals surface area contributed by atoms with E-state index in [9.17, 15) is 4.39 Å². The molecule has 0 saturated heterocycles. The molecule has 1 heterocycles. The van der Waals surface area contributed by atoms with Gasteiger partial charge in [0.1, 0.15) is 5.82 Å². The Labute approximate surface area is 150 Å². The minimum absolute atomic E-state index is 0.0614. The van der Waals surface area contributed by atoms with Gasteiger partial charge in [-0.3, -0.25) is 9.98 Å². The molecule has 24 heavy (non-hydrogen) atoms. The molecule has 0 bridgehead atoms. The highest BCUT2D eigenvalue weighted by Gasteiger charge is 2.16. The second-order valence-electron chi connectivity index (χ2n) is 5.21. The number of allylic oxidation sites excluding steroid dienone is 2. The third-order valence-electron chi connectivity index (χ3n) is 3.27. The van der Waals surface area contributed by atoms with E-state index in [0.717, 1.165) is 12.7 Å². The second-order valence-corrected chi connectivity index (χ2v) is 6.19. The van der Waals surface area contributed by atoms with Crippen LogP contribution in [0.1, 0.15) is 25.1 Å². The van der Waals surface area contributed by atoms with E-state index >= 15 is 0 Å². The van der Waals surface area contributed by atoms with E-state index < -0.39 is 5.82 Å². The summed E-state index contributed by atoms with van der Waals surface area (Å²) in [7, 11) is 0. The van der Waals surface area contributed by atoms with Gasteiger partial charge in [0.15, 0.2) is 0 Å². The number of nitrogens with two attached hydrogens (primary N) is 1. The van der Waals surface area contributed by atoms with Crippen LogP contribution >= 0.6 is 15.9 Å². The summed E-state index contributed by atoms with van der Waals surface area (Å²) in [6, 6.07) is 1.38. The molecular formula is C17H23BrFN5. The summed E-state index contributed by atoms with van der Waals surface area (Å²) in [5, 5.41) is 10.8. The lowest BCUT2D eigenvalue weighted by atomic mass is 10.0. The molecule has 0 aliphatic rings. The molecule has 0 aliphatic heterocycles. The van der Waals surface area contributed by atoms with Gasteiger partial charge in [-0.1, -0.05) is 29.4 Å². The topological polar surface area (TPSA) is 87.2 Å².